The summed E-state index contributed by atoms with van der Waals surface area (Å²) in [5.74, 6) is -10.6. The maximum atomic E-state index is 14.7. The van der Waals surface area contributed by atoms with Crippen molar-refractivity contribution >= 4 is 87.7 Å². The number of nitrogens with zero attached hydrogens (tertiary/aromatic N) is 1. The summed E-state index contributed by atoms with van der Waals surface area (Å²) < 4.78 is 0. The van der Waals surface area contributed by atoms with Gasteiger partial charge in [0.2, 0.25) is 70.9 Å². The summed E-state index contributed by atoms with van der Waals surface area (Å²) >= 11 is 0. The van der Waals surface area contributed by atoms with Gasteiger partial charge in [0.25, 0.3) is 0 Å². The summed E-state index contributed by atoms with van der Waals surface area (Å²) in [6.07, 6.45) is 1.52. The first-order valence-corrected chi connectivity index (χ1v) is 34.8. The third-order valence-corrected chi connectivity index (χ3v) is 16.6. The monoisotopic (exact) mass is 1440 g/mol. The predicted octanol–water partition coefficient (Wildman–Crippen LogP) is -1.58. The van der Waals surface area contributed by atoms with Gasteiger partial charge in [-0.2, -0.15) is 0 Å². The molecule has 1 heterocycles. The van der Waals surface area contributed by atoms with E-state index in [0.29, 0.717) is 24.0 Å². The Balaban J connectivity index is 1.50. The number of guanidine groups is 1. The molecule has 12 atom stereocenters. The molecule has 0 saturated heterocycles. The molecule has 0 saturated carbocycles. The number of aliphatic hydroxyl groups excluding tert-OH is 1. The Hall–Kier alpha value is -10.2. The molecule has 0 spiro atoms. The first-order chi connectivity index (χ1) is 48.6. The van der Waals surface area contributed by atoms with Gasteiger partial charge in [-0.15, -0.1) is 0 Å². The van der Waals surface area contributed by atoms with Crippen LogP contribution in [-0.2, 0) is 76.8 Å². The number of fused-ring (bicyclic) bond motifs is 1. The van der Waals surface area contributed by atoms with Gasteiger partial charge in [0.15, 0.2) is 5.96 Å². The topological polar surface area (TPSA) is 536 Å². The minimum absolute atomic E-state index is 0.0339. The number of aliphatic hydroxyl groups is 1. The van der Waals surface area contributed by atoms with Crippen molar-refractivity contribution in [2.45, 2.75) is 206 Å². The third kappa shape index (κ3) is 30.1. The lowest BCUT2D eigenvalue weighted by Gasteiger charge is -2.29. The Morgan fingerprint density at radius 1 is 0.466 bits per heavy atom. The number of aliphatic imine (C=N–C) groups is 1. The molecule has 32 heteroatoms. The molecule has 32 nitrogen and oxygen atoms in total. The van der Waals surface area contributed by atoms with E-state index in [1.165, 1.54) is 45.0 Å². The highest BCUT2D eigenvalue weighted by Crippen LogP contribution is 2.20. The van der Waals surface area contributed by atoms with E-state index in [9.17, 15) is 67.7 Å². The second-order valence-electron chi connectivity index (χ2n) is 27.1. The van der Waals surface area contributed by atoms with Crippen LogP contribution in [0.2, 0.25) is 0 Å². The van der Waals surface area contributed by atoms with Gasteiger partial charge in [-0.1, -0.05) is 102 Å². The molecule has 0 fully saturated rings. The number of aromatic nitrogens is 1. The number of phenolic OH excluding ortho intramolecular Hbond substituents is 1. The molecular weight excluding hydrogens is 1330 g/mol. The number of hydrogen-bond donors (Lipinski definition) is 19. The third-order valence-electron chi connectivity index (χ3n) is 16.6. The Morgan fingerprint density at radius 3 is 1.43 bits per heavy atom. The summed E-state index contributed by atoms with van der Waals surface area (Å²) in [4.78, 5) is 174. The molecule has 0 aliphatic carbocycles. The maximum Gasteiger partial charge on any atom is 0.243 e. The lowest BCUT2D eigenvalue weighted by molar-refractivity contribution is -0.136. The number of benzene rings is 3. The van der Waals surface area contributed by atoms with Crippen molar-refractivity contribution in [2.75, 3.05) is 19.6 Å². The van der Waals surface area contributed by atoms with Gasteiger partial charge in [0.05, 0.1) is 18.7 Å². The number of para-hydroxylation sites is 1. The minimum Gasteiger partial charge on any atom is -0.508 e. The summed E-state index contributed by atoms with van der Waals surface area (Å²) in [5.41, 5.74) is 31.2. The molecule has 12 amide bonds. The molecule has 0 aliphatic heterocycles. The molecule has 0 unspecified atom stereocenters. The molecule has 0 radical (unpaired) electrons. The average Bonchev–Trinajstić information content (AvgIpc) is 1.74. The normalized spacial score (nSPS) is 14.8. The minimum atomic E-state index is -1.49. The van der Waals surface area contributed by atoms with E-state index in [0.717, 1.165) is 16.5 Å². The molecule has 0 bridgehead atoms. The van der Waals surface area contributed by atoms with Gasteiger partial charge >= 0.3 is 0 Å². The molecule has 3 aromatic carbocycles. The van der Waals surface area contributed by atoms with Crippen LogP contribution in [0.4, 0.5) is 0 Å². The zero-order valence-corrected chi connectivity index (χ0v) is 60.3. The summed E-state index contributed by atoms with van der Waals surface area (Å²) in [5, 5.41) is 49.9. The highest BCUT2D eigenvalue weighted by molar-refractivity contribution is 5.99. The molecule has 103 heavy (non-hydrogen) atoms. The number of carbonyl (C=O) groups excluding carboxylic acids is 12. The Morgan fingerprint density at radius 2 is 0.903 bits per heavy atom. The SMILES string of the molecule is CC(C)C[C@@H](NC(=O)[C@@H](C)NC(=O)CNC(=O)[C@@H](CCCN=C(N)N)NC(=O)[C@H](N)Cc1c[nH]c2ccccc12)C(=O)N[C@H](CCCCN)C(=O)N[C@H](CC(C)C)C(=O)N[C@H](CC(C)C)C(=O)N[C@H](Cc1ccccc1)C(=O)N[C@H](Cc1ccc(O)cc1)C(=O)N[C@H](C)C(=O)N[C@@H](C(N)=O)[C@@H](C)O. The van der Waals surface area contributed by atoms with Crippen LogP contribution in [0.3, 0.4) is 0 Å². The lowest BCUT2D eigenvalue weighted by Crippen LogP contribution is -2.61. The number of aromatic amines is 1. The van der Waals surface area contributed by atoms with Crippen molar-refractivity contribution in [1.29, 1.82) is 0 Å². The Bertz CT molecular complexity index is 3510. The van der Waals surface area contributed by atoms with Gasteiger partial charge in [0.1, 0.15) is 66.2 Å². The molecule has 0 aliphatic rings. The van der Waals surface area contributed by atoms with Gasteiger partial charge in [-0.3, -0.25) is 62.5 Å². The van der Waals surface area contributed by atoms with Crippen LogP contribution >= 0.6 is 0 Å². The molecular formula is C71H108N18O14. The fourth-order valence-corrected chi connectivity index (χ4v) is 11.1. The zero-order valence-electron chi connectivity index (χ0n) is 60.3. The van der Waals surface area contributed by atoms with Crippen LogP contribution in [0.1, 0.15) is 130 Å². The van der Waals surface area contributed by atoms with E-state index in [4.69, 9.17) is 28.7 Å². The number of carbonyl (C=O) groups is 12. The highest BCUT2D eigenvalue weighted by atomic mass is 16.3. The van der Waals surface area contributed by atoms with Crippen molar-refractivity contribution in [3.8, 4) is 5.75 Å². The lowest BCUT2D eigenvalue weighted by atomic mass is 9.98. The quantitative estimate of drug-likeness (QED) is 0.0135. The van der Waals surface area contributed by atoms with Crippen LogP contribution in [0, 0.1) is 17.8 Å². The maximum absolute atomic E-state index is 14.7. The number of H-pyrrole nitrogens is 1. The van der Waals surface area contributed by atoms with Gasteiger partial charge < -0.3 is 102 Å². The number of aromatic hydroxyl groups is 1. The standard InChI is InChI=1S/C71H108N18O14/c1-38(2)30-53(84-61(94)41(7)80-58(92)37-79-64(97)51(23-17-29-77-71(75)76)82-63(96)49(73)35-46-36-78-50-21-14-13-20-48(46)50)67(100)83-52(22-15-16-28-72)65(98)85-54(31-39(3)4)68(101)86-55(32-40(5)6)69(102)88-57(33-44-18-11-10-12-19-44)70(103)87-56(34-45-24-26-47(91)27-25-45)66(99)81-42(8)62(95)89-59(43(9)90)60(74)93/h10-14,18-21,24-27,36,38-43,49,51-57,59,78,90-91H,15-17,22-23,28-35,37,72-73H2,1-9H3,(H2,74,93)(H,79,97)(H,80,92)(H,81,99)(H,82,96)(H,83,100)(H,84,94)(H,85,98)(H,86,101)(H,87,103)(H,88,102)(H,89,95)(H4,75,76,77)/t41-,42-,43-,49-,51-,52-,53-,54-,55-,56-,57-,59-/m1/s1. The van der Waals surface area contributed by atoms with Crippen molar-refractivity contribution in [3.63, 3.8) is 0 Å². The number of unbranched alkanes of at least 4 members (excludes halogenated alkanes) is 1. The van der Waals surface area contributed by atoms with E-state index in [-0.39, 0.29) is 100 Å². The smallest absolute Gasteiger partial charge is 0.243 e. The Kier molecular flexibility index (Phi) is 35.5. The first kappa shape index (κ1) is 85.2. The van der Waals surface area contributed by atoms with Crippen molar-refractivity contribution in [2.24, 2.45) is 51.4 Å². The fourth-order valence-electron chi connectivity index (χ4n) is 11.1. The number of hydrogen-bond acceptors (Lipinski definition) is 17. The van der Waals surface area contributed by atoms with Crippen molar-refractivity contribution in [3.05, 3.63) is 102 Å². The van der Waals surface area contributed by atoms with Crippen LogP contribution in [0.5, 0.6) is 5.75 Å². The number of rotatable bonds is 44. The number of amides is 12. The van der Waals surface area contributed by atoms with Crippen LogP contribution < -0.4 is 87.2 Å². The Labute approximate surface area is 600 Å². The number of primary amides is 1. The van der Waals surface area contributed by atoms with Crippen molar-refractivity contribution < 1.29 is 67.7 Å². The largest absolute Gasteiger partial charge is 0.508 e. The van der Waals surface area contributed by atoms with E-state index in [1.807, 2.05) is 38.1 Å². The van der Waals surface area contributed by atoms with Crippen LogP contribution in [0.25, 0.3) is 10.9 Å². The second-order valence-corrected chi connectivity index (χ2v) is 27.1. The summed E-state index contributed by atoms with van der Waals surface area (Å²) in [7, 11) is 0. The van der Waals surface area contributed by atoms with E-state index < -0.39 is 150 Å². The fraction of sp³-hybridized carbons (Fsp3) is 0.535. The first-order valence-electron chi connectivity index (χ1n) is 34.8. The average molecular weight is 1440 g/mol. The molecule has 566 valence electrons. The number of nitrogens with one attached hydrogen (secondary N) is 12. The van der Waals surface area contributed by atoms with Gasteiger partial charge in [-0.05, 0) is 138 Å². The molecule has 24 N–H and O–H groups in total. The van der Waals surface area contributed by atoms with Gasteiger partial charge in [0, 0.05) is 36.5 Å². The van der Waals surface area contributed by atoms with E-state index in [2.05, 4.69) is 68.5 Å². The van der Waals surface area contributed by atoms with Crippen LogP contribution in [-0.4, -0.2) is 184 Å². The second kappa shape index (κ2) is 42.9. The highest BCUT2D eigenvalue weighted by Gasteiger charge is 2.36. The molecule has 4 aromatic rings. The van der Waals surface area contributed by atoms with Crippen LogP contribution in [0.15, 0.2) is 90.1 Å². The number of nitrogens with two attached hydrogens (primary N) is 5. The van der Waals surface area contributed by atoms with E-state index >= 15 is 0 Å². The summed E-state index contributed by atoms with van der Waals surface area (Å²) in [6.45, 7) is 14.5. The molecule has 4 rings (SSSR count). The van der Waals surface area contributed by atoms with Crippen molar-refractivity contribution in [1.82, 2.24) is 63.5 Å². The molecule has 1 aromatic heterocycles. The number of phenols is 1. The van der Waals surface area contributed by atoms with E-state index in [1.54, 1.807) is 64.2 Å². The zero-order chi connectivity index (χ0) is 76.6. The van der Waals surface area contributed by atoms with Gasteiger partial charge in [-0.25, -0.2) is 0 Å². The predicted molar refractivity (Wildman–Crippen MR) is 388 cm³/mol. The summed E-state index contributed by atoms with van der Waals surface area (Å²) in [6, 6.07) is 7.53.